The third-order valence-corrected chi connectivity index (χ3v) is 8.08. The van der Waals surface area contributed by atoms with Gasteiger partial charge in [-0.15, -0.1) is 0 Å². The molecule has 0 spiro atoms. The Bertz CT molecular complexity index is 1440. The number of likely N-dealkylation sites (N-methyl/N-ethyl adjacent to an activating group) is 1. The maximum atomic E-state index is 6.09. The first-order valence-corrected chi connectivity index (χ1v) is 14.0. The molecule has 0 atom stereocenters. The van der Waals surface area contributed by atoms with Gasteiger partial charge < -0.3 is 24.7 Å². The van der Waals surface area contributed by atoms with Crippen LogP contribution in [-0.4, -0.2) is 94.6 Å². The number of methoxy groups -OCH3 is 1. The van der Waals surface area contributed by atoms with Gasteiger partial charge in [0.25, 0.3) is 0 Å². The number of pyridine rings is 1. The van der Waals surface area contributed by atoms with Crippen LogP contribution in [0.2, 0.25) is 0 Å². The number of ether oxygens (including phenoxy) is 2. The van der Waals surface area contributed by atoms with E-state index in [4.69, 9.17) is 24.4 Å². The second kappa shape index (κ2) is 11.5. The third-order valence-electron chi connectivity index (χ3n) is 7.07. The number of rotatable bonds is 9. The minimum absolute atomic E-state index is 0.382. The van der Waals surface area contributed by atoms with Crippen LogP contribution < -0.4 is 10.1 Å². The van der Waals surface area contributed by atoms with Crippen LogP contribution in [0.25, 0.3) is 22.3 Å². The number of hydrogen-bond acceptors (Lipinski definition) is 10. The first kappa shape index (κ1) is 26.0. The van der Waals surface area contributed by atoms with Crippen LogP contribution in [0, 0.1) is 0 Å². The molecule has 1 fully saturated rings. The standard InChI is InChI=1S/C28H34N8O2S/c1-34-10-12-36(13-11-34)17-19-4-6-20(7-5-19)30-28-32-26-25(27(33-28)38-15-14-37-3)21(16-29-26)22-8-9-24-23(31-22)18-35(2)39-24/h4-9,16H,10-15,17-18H2,1-3H3,(H2,29,30,32,33). The number of aromatic nitrogens is 4. The highest BCUT2D eigenvalue weighted by Crippen LogP contribution is 2.38. The molecule has 11 heteroatoms. The van der Waals surface area contributed by atoms with Crippen LogP contribution in [0.3, 0.4) is 0 Å². The first-order valence-electron chi connectivity index (χ1n) is 13.2. The van der Waals surface area contributed by atoms with Gasteiger partial charge in [-0.2, -0.15) is 9.97 Å². The maximum Gasteiger partial charge on any atom is 0.232 e. The van der Waals surface area contributed by atoms with E-state index in [1.54, 1.807) is 19.1 Å². The van der Waals surface area contributed by atoms with Crippen LogP contribution in [0.5, 0.6) is 5.88 Å². The van der Waals surface area contributed by atoms with E-state index in [0.29, 0.717) is 30.7 Å². The summed E-state index contributed by atoms with van der Waals surface area (Å²) in [7, 11) is 5.91. The number of aromatic amines is 1. The molecule has 1 saturated heterocycles. The molecule has 0 unspecified atom stereocenters. The summed E-state index contributed by atoms with van der Waals surface area (Å²) in [4.78, 5) is 23.8. The van der Waals surface area contributed by atoms with E-state index in [1.807, 2.05) is 12.3 Å². The number of piperazine rings is 1. The van der Waals surface area contributed by atoms with Crippen molar-refractivity contribution >= 4 is 34.6 Å². The number of H-pyrrole nitrogens is 1. The zero-order valence-corrected chi connectivity index (χ0v) is 23.4. The van der Waals surface area contributed by atoms with Crippen molar-refractivity contribution in [2.45, 2.75) is 18.0 Å². The smallest absolute Gasteiger partial charge is 0.232 e. The Balaban J connectivity index is 1.24. The lowest BCUT2D eigenvalue weighted by molar-refractivity contribution is 0.144. The molecule has 0 amide bonds. The van der Waals surface area contributed by atoms with Crippen molar-refractivity contribution in [1.82, 2.24) is 34.0 Å². The molecule has 2 N–H and O–H groups in total. The number of anilines is 2. The Morgan fingerprint density at radius 1 is 0.974 bits per heavy atom. The molecule has 2 aliphatic rings. The lowest BCUT2D eigenvalue weighted by atomic mass is 10.1. The van der Waals surface area contributed by atoms with Crippen molar-refractivity contribution in [3.63, 3.8) is 0 Å². The van der Waals surface area contributed by atoms with Crippen LogP contribution in [0.15, 0.2) is 47.5 Å². The van der Waals surface area contributed by atoms with E-state index in [9.17, 15) is 0 Å². The number of nitrogens with one attached hydrogen (secondary N) is 2. The zero-order chi connectivity index (χ0) is 26.8. The summed E-state index contributed by atoms with van der Waals surface area (Å²) in [5.74, 6) is 0.964. The van der Waals surface area contributed by atoms with Gasteiger partial charge in [-0.3, -0.25) is 9.88 Å². The minimum atomic E-state index is 0.382. The van der Waals surface area contributed by atoms with Crippen molar-refractivity contribution < 1.29 is 9.47 Å². The predicted molar refractivity (Wildman–Crippen MR) is 154 cm³/mol. The second-order valence-corrected chi connectivity index (χ2v) is 11.3. The van der Waals surface area contributed by atoms with Crippen LogP contribution in [0.4, 0.5) is 11.6 Å². The molecule has 4 aromatic rings. The van der Waals surface area contributed by atoms with Crippen LogP contribution in [-0.2, 0) is 17.8 Å². The molecule has 10 nitrogen and oxygen atoms in total. The Morgan fingerprint density at radius 2 is 1.79 bits per heavy atom. The number of nitrogens with zero attached hydrogens (tertiary/aromatic N) is 6. The zero-order valence-electron chi connectivity index (χ0n) is 22.6. The highest BCUT2D eigenvalue weighted by atomic mass is 32.2. The monoisotopic (exact) mass is 546 g/mol. The first-order chi connectivity index (χ1) is 19.1. The molecule has 0 saturated carbocycles. The quantitative estimate of drug-likeness (QED) is 0.237. The fourth-order valence-corrected chi connectivity index (χ4v) is 5.78. The van der Waals surface area contributed by atoms with Crippen molar-refractivity contribution in [1.29, 1.82) is 0 Å². The highest BCUT2D eigenvalue weighted by Gasteiger charge is 2.22. The van der Waals surface area contributed by atoms with Crippen LogP contribution >= 0.6 is 11.9 Å². The van der Waals surface area contributed by atoms with E-state index >= 15 is 0 Å². The Kier molecular flexibility index (Phi) is 7.67. The molecule has 0 bridgehead atoms. The van der Waals surface area contributed by atoms with Gasteiger partial charge in [-0.25, -0.2) is 4.31 Å². The summed E-state index contributed by atoms with van der Waals surface area (Å²) < 4.78 is 13.5. The van der Waals surface area contributed by atoms with E-state index < -0.39 is 0 Å². The van der Waals surface area contributed by atoms with Gasteiger partial charge in [0.15, 0.2) is 0 Å². The number of hydrogen-bond donors (Lipinski definition) is 2. The number of benzene rings is 1. The van der Waals surface area contributed by atoms with Crippen molar-refractivity contribution in [2.75, 3.05) is 65.9 Å². The summed E-state index contributed by atoms with van der Waals surface area (Å²) in [6.07, 6.45) is 1.93. The SMILES string of the molecule is COCCOc1nc(Nc2ccc(CN3CCN(C)CC3)cc2)nc2[nH]cc(-c3ccc4c(n3)CN(C)S4)c12. The Hall–Kier alpha value is -3.22. The van der Waals surface area contributed by atoms with E-state index in [1.165, 1.54) is 10.5 Å². The second-order valence-electron chi connectivity index (χ2n) is 10.0. The van der Waals surface area contributed by atoms with E-state index in [2.05, 4.69) is 68.8 Å². The molecule has 0 radical (unpaired) electrons. The van der Waals surface area contributed by atoms with Gasteiger partial charge in [0, 0.05) is 62.2 Å². The van der Waals surface area contributed by atoms with Crippen molar-refractivity contribution in [3.8, 4) is 17.1 Å². The average Bonchev–Trinajstić information content (AvgIpc) is 3.53. The lowest BCUT2D eigenvalue weighted by Gasteiger charge is -2.32. The van der Waals surface area contributed by atoms with Crippen molar-refractivity contribution in [2.24, 2.45) is 0 Å². The molecule has 3 aromatic heterocycles. The minimum Gasteiger partial charge on any atom is -0.475 e. The Morgan fingerprint density at radius 3 is 2.59 bits per heavy atom. The van der Waals surface area contributed by atoms with Gasteiger partial charge in [-0.1, -0.05) is 12.1 Å². The molecule has 6 rings (SSSR count). The summed E-state index contributed by atoms with van der Waals surface area (Å²) in [6, 6.07) is 12.7. The molecule has 2 aliphatic heterocycles. The van der Waals surface area contributed by atoms with Gasteiger partial charge >= 0.3 is 0 Å². The summed E-state index contributed by atoms with van der Waals surface area (Å²) in [5.41, 5.74) is 5.77. The third kappa shape index (κ3) is 5.87. The molecular weight excluding hydrogens is 512 g/mol. The molecule has 39 heavy (non-hydrogen) atoms. The molecule has 5 heterocycles. The topological polar surface area (TPSA) is 94.7 Å². The van der Waals surface area contributed by atoms with E-state index in [-0.39, 0.29) is 0 Å². The summed E-state index contributed by atoms with van der Waals surface area (Å²) in [6.45, 7) is 7.06. The molecule has 0 aliphatic carbocycles. The van der Waals surface area contributed by atoms with Gasteiger partial charge in [0.2, 0.25) is 11.8 Å². The summed E-state index contributed by atoms with van der Waals surface area (Å²) >= 11 is 1.72. The lowest BCUT2D eigenvalue weighted by Crippen LogP contribution is -2.43. The number of fused-ring (bicyclic) bond motifs is 2. The highest BCUT2D eigenvalue weighted by molar-refractivity contribution is 7.97. The van der Waals surface area contributed by atoms with Gasteiger partial charge in [0.1, 0.15) is 12.3 Å². The average molecular weight is 547 g/mol. The Labute approximate surface area is 232 Å². The fourth-order valence-electron chi connectivity index (χ4n) is 4.92. The van der Waals surface area contributed by atoms with E-state index in [0.717, 1.165) is 67.3 Å². The summed E-state index contributed by atoms with van der Waals surface area (Å²) in [5, 5.41) is 4.16. The molecular formula is C28H34N8O2S. The predicted octanol–water partition coefficient (Wildman–Crippen LogP) is 3.99. The van der Waals surface area contributed by atoms with Crippen molar-refractivity contribution in [3.05, 3.63) is 53.9 Å². The van der Waals surface area contributed by atoms with Crippen LogP contribution in [0.1, 0.15) is 11.3 Å². The molecule has 1 aromatic carbocycles. The molecule has 204 valence electrons. The van der Waals surface area contributed by atoms with Gasteiger partial charge in [0.05, 0.1) is 29.9 Å². The van der Waals surface area contributed by atoms with Gasteiger partial charge in [-0.05, 0) is 55.9 Å². The maximum absolute atomic E-state index is 6.09. The normalized spacial score (nSPS) is 16.6. The fraction of sp³-hybridized carbons (Fsp3) is 0.393. The largest absolute Gasteiger partial charge is 0.475 e.